The quantitative estimate of drug-likeness (QED) is 0.613. The minimum absolute atomic E-state index is 0.0214. The molecule has 7 nitrogen and oxygen atoms in total. The lowest BCUT2D eigenvalue weighted by Gasteiger charge is -2.37. The lowest BCUT2D eigenvalue weighted by atomic mass is 9.83. The van der Waals surface area contributed by atoms with Gasteiger partial charge in [0, 0.05) is 31.4 Å². The van der Waals surface area contributed by atoms with Crippen LogP contribution in [0.4, 0.5) is 36.4 Å². The van der Waals surface area contributed by atoms with Gasteiger partial charge in [0.05, 0.1) is 15.3 Å². The van der Waals surface area contributed by atoms with Gasteiger partial charge < -0.3 is 14.5 Å². The van der Waals surface area contributed by atoms with Crippen LogP contribution in [0.5, 0.6) is 5.88 Å². The molecule has 0 radical (unpaired) electrons. The van der Waals surface area contributed by atoms with Crippen LogP contribution in [-0.2, 0) is 33.8 Å². The summed E-state index contributed by atoms with van der Waals surface area (Å²) in [6, 6.07) is -0.0214. The van der Waals surface area contributed by atoms with Crippen LogP contribution in [0.15, 0.2) is 17.2 Å². The first kappa shape index (κ1) is 17.0. The smallest absolute Gasteiger partial charge is 0.436 e. The summed E-state index contributed by atoms with van der Waals surface area (Å²) in [5.74, 6) is -3.53. The summed E-state index contributed by atoms with van der Waals surface area (Å²) in [6.07, 6.45) is -12.7. The van der Waals surface area contributed by atoms with Crippen LogP contribution in [0.2, 0.25) is 0 Å². The van der Waals surface area contributed by atoms with Gasteiger partial charge in [-0.25, -0.2) is 17.8 Å². The average Bonchev–Trinajstić information content (AvgIpc) is 3.09. The van der Waals surface area contributed by atoms with Crippen molar-refractivity contribution in [2.24, 2.45) is 0 Å². The highest BCUT2D eigenvalue weighted by Crippen LogP contribution is 2.44. The number of sulfonamides is 1. The van der Waals surface area contributed by atoms with Crippen LogP contribution in [-0.4, -0.2) is 44.2 Å². The normalized spacial score (nSPS) is 23.1. The Hall–Kier alpha value is -2.55. The highest BCUT2D eigenvalue weighted by atomic mass is 32.2. The van der Waals surface area contributed by atoms with E-state index in [1.807, 2.05) is 0 Å². The molecule has 0 spiro atoms. The van der Waals surface area contributed by atoms with Crippen molar-refractivity contribution in [1.82, 2.24) is 9.97 Å². The van der Waals surface area contributed by atoms with E-state index in [9.17, 15) is 39.2 Å². The second-order valence-electron chi connectivity index (χ2n) is 6.76. The molecule has 0 saturated carbocycles. The van der Waals surface area contributed by atoms with Gasteiger partial charge in [-0.05, 0) is 18.4 Å². The summed E-state index contributed by atoms with van der Waals surface area (Å²) in [6.45, 7) is 0. The molecule has 2 aromatic rings. The molecule has 0 fully saturated rings. The van der Waals surface area contributed by atoms with Crippen molar-refractivity contribution in [3.8, 4) is 5.88 Å². The number of H-pyrrole nitrogens is 1. The zero-order valence-corrected chi connectivity index (χ0v) is 16.2. The van der Waals surface area contributed by atoms with Gasteiger partial charge in [0.15, 0.2) is 17.1 Å². The van der Waals surface area contributed by atoms with E-state index >= 15 is 0 Å². The molecular weight excluding hydrogens is 475 g/mol. The van der Waals surface area contributed by atoms with Crippen LogP contribution in [0.1, 0.15) is 31.6 Å². The minimum atomic E-state index is -5.41. The predicted octanol–water partition coefficient (Wildman–Crippen LogP) is 3.81. The van der Waals surface area contributed by atoms with Crippen molar-refractivity contribution < 1.29 is 56.8 Å². The molecule has 0 aliphatic heterocycles. The topological polar surface area (TPSA) is 93.3 Å². The molecule has 178 valence electrons. The molecule has 3 rings (SSSR count). The van der Waals surface area contributed by atoms with Crippen molar-refractivity contribution in [3.63, 3.8) is 0 Å². The third-order valence-electron chi connectivity index (χ3n) is 4.83. The summed E-state index contributed by atoms with van der Waals surface area (Å²) in [5.41, 5.74) is -7.14. The van der Waals surface area contributed by atoms with E-state index in [-0.39, 0.29) is 17.3 Å². The Kier molecular flexibility index (Phi) is 4.14. The molecule has 32 heavy (non-hydrogen) atoms. The Morgan fingerprint density at radius 3 is 2.56 bits per heavy atom. The number of hydrogen-bond acceptors (Lipinski definition) is 5. The first-order chi connectivity index (χ1) is 16.9. The first-order valence-electron chi connectivity index (χ1n) is 11.4. The Morgan fingerprint density at radius 1 is 1.25 bits per heavy atom. The van der Waals surface area contributed by atoms with Crippen LogP contribution in [0.25, 0.3) is 0 Å². The third kappa shape index (κ3) is 4.10. The molecule has 0 amide bonds. The number of anilines is 1. The van der Waals surface area contributed by atoms with Gasteiger partial charge in [-0.15, -0.1) is 0 Å². The number of pyridine rings is 1. The number of hydrogen-bond donors (Lipinski definition) is 2. The highest BCUT2D eigenvalue weighted by molar-refractivity contribution is 7.92. The number of alkyl halides is 6. The van der Waals surface area contributed by atoms with E-state index in [1.165, 1.54) is 0 Å². The molecule has 15 heteroatoms. The number of fused-ring (bicyclic) bond motifs is 1. The van der Waals surface area contributed by atoms with Gasteiger partial charge >= 0.3 is 12.4 Å². The molecule has 2 heterocycles. The molecule has 0 aromatic carbocycles. The number of nitrogens with zero attached hydrogens (tertiary/aromatic N) is 1. The van der Waals surface area contributed by atoms with E-state index in [2.05, 4.69) is 19.4 Å². The average molecular weight is 497 g/mol. The molecule has 1 aliphatic carbocycles. The van der Waals surface area contributed by atoms with Gasteiger partial charge in [-0.1, -0.05) is 0 Å². The SMILES string of the molecule is [2H]C([2H])([2H])Oc1nc(C(F)(F)F)c(F)cc1NS(=O)(=O)c1c[nH]c2c1CC[C@](OC([2H])([2H])[2H])(C(F)(F)F)C2. The van der Waals surface area contributed by atoms with Crippen molar-refractivity contribution in [2.45, 2.75) is 42.1 Å². The number of nitrogens with one attached hydrogen (secondary N) is 2. The Balaban J connectivity index is 2.03. The van der Waals surface area contributed by atoms with Crippen molar-refractivity contribution >= 4 is 15.7 Å². The molecular formula is C17H16F7N3O4S. The molecule has 2 aromatic heterocycles. The Bertz CT molecular complexity index is 1330. The second kappa shape index (κ2) is 7.79. The number of halogens is 7. The fourth-order valence-corrected chi connectivity index (χ4v) is 4.57. The lowest BCUT2D eigenvalue weighted by molar-refractivity contribution is -0.273. The van der Waals surface area contributed by atoms with Crippen molar-refractivity contribution in [3.05, 3.63) is 35.0 Å². The van der Waals surface area contributed by atoms with E-state index in [4.69, 9.17) is 8.22 Å². The van der Waals surface area contributed by atoms with E-state index < -0.39 is 89.3 Å². The van der Waals surface area contributed by atoms with Crippen molar-refractivity contribution in [1.29, 1.82) is 0 Å². The molecule has 1 atom stereocenters. The van der Waals surface area contributed by atoms with Gasteiger partial charge in [0.25, 0.3) is 10.0 Å². The monoisotopic (exact) mass is 497 g/mol. The third-order valence-corrected chi connectivity index (χ3v) is 6.26. The summed E-state index contributed by atoms with van der Waals surface area (Å²) in [5, 5.41) is 0. The predicted molar refractivity (Wildman–Crippen MR) is 95.2 cm³/mol. The molecule has 0 unspecified atom stereocenters. The largest absolute Gasteiger partial charge is 0.479 e. The fraction of sp³-hybridized carbons (Fsp3) is 0.471. The van der Waals surface area contributed by atoms with E-state index in [1.54, 1.807) is 4.72 Å². The highest BCUT2D eigenvalue weighted by Gasteiger charge is 2.57. The zero-order valence-electron chi connectivity index (χ0n) is 21.4. The van der Waals surface area contributed by atoms with E-state index in [0.717, 1.165) is 0 Å². The first-order valence-corrected chi connectivity index (χ1v) is 9.88. The number of methoxy groups -OCH3 is 2. The Morgan fingerprint density at radius 2 is 1.97 bits per heavy atom. The number of aromatic amines is 1. The lowest BCUT2D eigenvalue weighted by Crippen LogP contribution is -2.51. The molecule has 0 bridgehead atoms. The Labute approximate surface area is 185 Å². The van der Waals surface area contributed by atoms with Crippen LogP contribution >= 0.6 is 0 Å². The van der Waals surface area contributed by atoms with Crippen molar-refractivity contribution in [2.75, 3.05) is 18.8 Å². The minimum Gasteiger partial charge on any atom is -0.479 e. The summed E-state index contributed by atoms with van der Waals surface area (Å²) in [4.78, 5) is 4.31. The molecule has 0 saturated heterocycles. The number of aromatic nitrogens is 2. The second-order valence-corrected chi connectivity index (χ2v) is 8.41. The van der Waals surface area contributed by atoms with Crippen LogP contribution in [0, 0.1) is 5.82 Å². The van der Waals surface area contributed by atoms with Gasteiger partial charge in [-0.3, -0.25) is 4.72 Å². The summed E-state index contributed by atoms with van der Waals surface area (Å²) in [7, 11) is -11.8. The zero-order chi connectivity index (χ0) is 29.1. The maximum absolute atomic E-state index is 14.1. The number of rotatable bonds is 5. The maximum Gasteiger partial charge on any atom is 0.436 e. The van der Waals surface area contributed by atoms with E-state index in [0.29, 0.717) is 6.20 Å². The number of ether oxygens (including phenoxy) is 2. The van der Waals surface area contributed by atoms with Gasteiger partial charge in [-0.2, -0.15) is 26.3 Å². The summed E-state index contributed by atoms with van der Waals surface area (Å²) >= 11 is 0. The fourth-order valence-electron chi connectivity index (χ4n) is 3.26. The van der Waals surface area contributed by atoms with Gasteiger partial charge in [0.1, 0.15) is 10.6 Å². The van der Waals surface area contributed by atoms with Crippen LogP contribution < -0.4 is 9.46 Å². The molecule has 1 aliphatic rings. The van der Waals surface area contributed by atoms with Gasteiger partial charge in [0.2, 0.25) is 5.88 Å². The summed E-state index contributed by atoms with van der Waals surface area (Å²) < 4.78 is 173. The molecule has 2 N–H and O–H groups in total. The van der Waals surface area contributed by atoms with Crippen LogP contribution in [0.3, 0.4) is 0 Å². The standard InChI is InChI=1S/C17H16F7N3O4S/c1-30-14-10(5-9(18)13(26-14)16(19,20)21)27-32(28,29)12-7-25-11-6-15(31-2,17(22,23)24)4-3-8(11)12/h5,7,25,27H,3-4,6H2,1-2H3/t15-/m1/s1/i1D3,2D3. The maximum atomic E-state index is 14.1.